The van der Waals surface area contributed by atoms with Crippen molar-refractivity contribution in [2.24, 2.45) is 0 Å². The summed E-state index contributed by atoms with van der Waals surface area (Å²) in [6.07, 6.45) is -14.4. The van der Waals surface area contributed by atoms with E-state index in [1.807, 2.05) is 0 Å². The Morgan fingerprint density at radius 3 is 2.23 bits per heavy atom. The molecule has 0 amide bonds. The lowest BCUT2D eigenvalue weighted by atomic mass is 9.92. The van der Waals surface area contributed by atoms with Crippen LogP contribution in [0.5, 0.6) is 0 Å². The quantitative estimate of drug-likeness (QED) is 0.686. The van der Waals surface area contributed by atoms with Gasteiger partial charge in [-0.2, -0.15) is 18.3 Å². The van der Waals surface area contributed by atoms with Crippen LogP contribution in [0.3, 0.4) is 0 Å². The Hall–Kier alpha value is -1.36. The highest BCUT2D eigenvalue weighted by atomic mass is 19.4. The average molecular weight is 388 g/mol. The third-order valence-electron chi connectivity index (χ3n) is 5.17. The van der Waals surface area contributed by atoms with Gasteiger partial charge in [-0.15, -0.1) is 0 Å². The Balaban J connectivity index is 1.86. The summed E-state index contributed by atoms with van der Waals surface area (Å²) in [5, 5.41) is 3.43. The topological polar surface area (TPSA) is 36.3 Å². The van der Waals surface area contributed by atoms with Crippen LogP contribution in [0.2, 0.25) is 0 Å². The fourth-order valence-electron chi connectivity index (χ4n) is 4.01. The molecular formula is C15H15F7N2O2. The summed E-state index contributed by atoms with van der Waals surface area (Å²) in [4.78, 5) is 0. The minimum atomic E-state index is -5.02. The van der Waals surface area contributed by atoms with Crippen molar-refractivity contribution in [3.63, 3.8) is 0 Å². The summed E-state index contributed by atoms with van der Waals surface area (Å²) in [5.41, 5.74) is -3.02. The lowest BCUT2D eigenvalue weighted by Gasteiger charge is -2.29. The van der Waals surface area contributed by atoms with Crippen molar-refractivity contribution < 1.29 is 40.2 Å². The van der Waals surface area contributed by atoms with Crippen LogP contribution in [-0.2, 0) is 21.4 Å². The molecule has 146 valence electrons. The monoisotopic (exact) mass is 388 g/mol. The summed E-state index contributed by atoms with van der Waals surface area (Å²) in [5.74, 6) is -2.51. The molecule has 5 atom stereocenters. The molecule has 3 aliphatic rings. The van der Waals surface area contributed by atoms with Gasteiger partial charge < -0.3 is 9.47 Å². The fourth-order valence-corrected chi connectivity index (χ4v) is 4.01. The van der Waals surface area contributed by atoms with Gasteiger partial charge in [-0.05, 0) is 12.8 Å². The second kappa shape index (κ2) is 5.82. The summed E-state index contributed by atoms with van der Waals surface area (Å²) in [6, 6.07) is -1.01. The minimum Gasteiger partial charge on any atom is -0.341 e. The highest BCUT2D eigenvalue weighted by molar-refractivity contribution is 5.42. The molecule has 2 aliphatic carbocycles. The zero-order valence-electron chi connectivity index (χ0n) is 13.3. The Bertz CT molecular complexity index is 701. The van der Waals surface area contributed by atoms with Gasteiger partial charge in [0.2, 0.25) is 5.79 Å². The predicted molar refractivity (Wildman–Crippen MR) is 72.2 cm³/mol. The molecule has 0 radical (unpaired) electrons. The number of aromatic nitrogens is 2. The van der Waals surface area contributed by atoms with Gasteiger partial charge in [-0.25, -0.2) is 17.6 Å². The minimum absolute atomic E-state index is 0.0363. The van der Waals surface area contributed by atoms with Gasteiger partial charge in [0.15, 0.2) is 18.0 Å². The predicted octanol–water partition coefficient (Wildman–Crippen LogP) is 3.87. The van der Waals surface area contributed by atoms with E-state index in [0.717, 1.165) is 0 Å². The fraction of sp³-hybridized carbons (Fsp3) is 0.800. The second-order valence-corrected chi connectivity index (χ2v) is 6.72. The molecule has 11 heteroatoms. The van der Waals surface area contributed by atoms with Crippen molar-refractivity contribution in [2.75, 3.05) is 13.2 Å². The number of hydrogen-bond donors (Lipinski definition) is 0. The van der Waals surface area contributed by atoms with E-state index < -0.39 is 66.1 Å². The normalized spacial score (nSPS) is 36.7. The lowest BCUT2D eigenvalue weighted by Crippen LogP contribution is -2.37. The molecule has 1 aliphatic heterocycles. The molecule has 2 heterocycles. The number of fused-ring (bicyclic) bond motifs is 2. The van der Waals surface area contributed by atoms with Crippen molar-refractivity contribution in [1.82, 2.24) is 9.78 Å². The summed E-state index contributed by atoms with van der Waals surface area (Å²) in [6.45, 7) is -0.400. The molecule has 0 bridgehead atoms. The molecule has 4 rings (SSSR count). The molecule has 0 aromatic carbocycles. The Morgan fingerprint density at radius 1 is 1.00 bits per heavy atom. The molecule has 4 nitrogen and oxygen atoms in total. The van der Waals surface area contributed by atoms with Crippen molar-refractivity contribution >= 4 is 0 Å². The molecule has 1 aromatic heterocycles. The van der Waals surface area contributed by atoms with Crippen molar-refractivity contribution in [3.8, 4) is 0 Å². The van der Waals surface area contributed by atoms with E-state index in [4.69, 9.17) is 9.47 Å². The molecule has 1 saturated heterocycles. The van der Waals surface area contributed by atoms with E-state index in [9.17, 15) is 30.7 Å². The molecule has 1 aromatic rings. The standard InChI is InChI=1S/C15H15F7N2O2/c16-7-2-1-6(5-8(7)17)24-11-9(13(23-24)15(20,21)22)14(12(19)10(11)18)25-3-4-26-14/h6-8,10,12H,1-5H2/t6-,7-,8+,10-,12-/m1/s1. The number of rotatable bonds is 1. The highest BCUT2D eigenvalue weighted by Gasteiger charge is 2.64. The summed E-state index contributed by atoms with van der Waals surface area (Å²) >= 11 is 0. The van der Waals surface area contributed by atoms with E-state index in [1.165, 1.54) is 0 Å². The Kier molecular flexibility index (Phi) is 4.03. The van der Waals surface area contributed by atoms with Crippen LogP contribution in [-0.4, -0.2) is 41.5 Å². The Morgan fingerprint density at radius 2 is 1.65 bits per heavy atom. The molecule has 1 saturated carbocycles. The third kappa shape index (κ3) is 2.39. The number of hydrogen-bond acceptors (Lipinski definition) is 3. The van der Waals surface area contributed by atoms with Gasteiger partial charge in [0, 0.05) is 6.42 Å². The molecule has 26 heavy (non-hydrogen) atoms. The first kappa shape index (κ1) is 18.0. The van der Waals surface area contributed by atoms with Gasteiger partial charge in [-0.1, -0.05) is 0 Å². The van der Waals surface area contributed by atoms with Crippen LogP contribution < -0.4 is 0 Å². The first-order chi connectivity index (χ1) is 12.2. The van der Waals surface area contributed by atoms with E-state index in [2.05, 4.69) is 5.10 Å². The van der Waals surface area contributed by atoms with Crippen LogP contribution in [0, 0.1) is 0 Å². The first-order valence-electron chi connectivity index (χ1n) is 8.21. The van der Waals surface area contributed by atoms with Crippen molar-refractivity contribution in [1.29, 1.82) is 0 Å². The van der Waals surface area contributed by atoms with E-state index in [0.29, 0.717) is 4.68 Å². The summed E-state index contributed by atoms with van der Waals surface area (Å²) in [7, 11) is 0. The summed E-state index contributed by atoms with van der Waals surface area (Å²) < 4.78 is 108. The maximum atomic E-state index is 14.7. The second-order valence-electron chi connectivity index (χ2n) is 6.72. The van der Waals surface area contributed by atoms with Gasteiger partial charge in [0.05, 0.1) is 30.5 Å². The maximum absolute atomic E-state index is 14.7. The molecule has 1 spiro atoms. The Labute approximate surface area is 143 Å². The van der Waals surface area contributed by atoms with E-state index >= 15 is 0 Å². The largest absolute Gasteiger partial charge is 0.435 e. The van der Waals surface area contributed by atoms with Crippen LogP contribution in [0.1, 0.15) is 48.4 Å². The maximum Gasteiger partial charge on any atom is 0.435 e. The van der Waals surface area contributed by atoms with Crippen LogP contribution in [0.25, 0.3) is 0 Å². The van der Waals surface area contributed by atoms with E-state index in [1.54, 1.807) is 0 Å². The van der Waals surface area contributed by atoms with Crippen LogP contribution in [0.4, 0.5) is 30.7 Å². The molecule has 2 fully saturated rings. The van der Waals surface area contributed by atoms with Crippen LogP contribution in [0.15, 0.2) is 0 Å². The molecule has 0 unspecified atom stereocenters. The van der Waals surface area contributed by atoms with Crippen molar-refractivity contribution in [3.05, 3.63) is 17.0 Å². The molecular weight excluding hydrogens is 373 g/mol. The SMILES string of the molecule is F[C@@H]1CC[C@@H](n2nc(C(F)(F)F)c3c2[C@@H](F)[C@@H](F)C32OCCO2)C[C@@H]1F. The number of alkyl halides is 7. The zero-order chi connectivity index (χ0) is 18.9. The van der Waals surface area contributed by atoms with Gasteiger partial charge in [-0.3, -0.25) is 4.68 Å². The van der Waals surface area contributed by atoms with Crippen molar-refractivity contribution in [2.45, 2.75) is 62.0 Å². The van der Waals surface area contributed by atoms with Gasteiger partial charge in [0.1, 0.15) is 12.3 Å². The third-order valence-corrected chi connectivity index (χ3v) is 5.17. The average Bonchev–Trinajstić information content (AvgIpc) is 3.24. The van der Waals surface area contributed by atoms with Gasteiger partial charge >= 0.3 is 6.18 Å². The highest BCUT2D eigenvalue weighted by Crippen LogP contribution is 2.56. The van der Waals surface area contributed by atoms with E-state index in [-0.39, 0.29) is 26.1 Å². The smallest absolute Gasteiger partial charge is 0.341 e. The number of nitrogens with zero attached hydrogens (tertiary/aromatic N) is 2. The number of halogens is 7. The van der Waals surface area contributed by atoms with Gasteiger partial charge in [0.25, 0.3) is 0 Å². The molecule has 0 N–H and O–H groups in total. The number of ether oxygens (including phenoxy) is 2. The zero-order valence-corrected chi connectivity index (χ0v) is 13.3. The lowest BCUT2D eigenvalue weighted by molar-refractivity contribution is -0.217. The van der Waals surface area contributed by atoms with Crippen LogP contribution >= 0.6 is 0 Å². The first-order valence-corrected chi connectivity index (χ1v) is 8.21.